The van der Waals surface area contributed by atoms with Gasteiger partial charge in [0.2, 0.25) is 0 Å². The number of aromatic nitrogens is 1. The topological polar surface area (TPSA) is 131 Å². The molecule has 0 aliphatic carbocycles. The number of nitriles is 1. The van der Waals surface area contributed by atoms with Crippen molar-refractivity contribution in [2.45, 2.75) is 65.7 Å². The second-order valence-electron chi connectivity index (χ2n) is 12.7. The number of carbonyl (C=O) groups is 3. The largest absolute Gasteiger partial charge is 0.482 e. The zero-order valence-electron chi connectivity index (χ0n) is 26.6. The molecule has 1 atom stereocenters. The Kier molecular flexibility index (Phi) is 11.4. The Morgan fingerprint density at radius 2 is 1.73 bits per heavy atom. The maximum atomic E-state index is 13.4. The highest BCUT2D eigenvalue weighted by molar-refractivity contribution is 5.73. The van der Waals surface area contributed by atoms with E-state index in [1.807, 2.05) is 59.8 Å². The minimum Gasteiger partial charge on any atom is -0.482 e. The van der Waals surface area contributed by atoms with Crippen LogP contribution < -0.4 is 4.74 Å². The van der Waals surface area contributed by atoms with Crippen LogP contribution in [-0.2, 0) is 25.5 Å². The van der Waals surface area contributed by atoms with Gasteiger partial charge in [-0.3, -0.25) is 4.98 Å². The van der Waals surface area contributed by atoms with Crippen LogP contribution in [0.15, 0.2) is 36.7 Å². The zero-order valence-corrected chi connectivity index (χ0v) is 26.6. The first-order valence-electron chi connectivity index (χ1n) is 14.5. The first kappa shape index (κ1) is 33.9. The monoisotopic (exact) mass is 606 g/mol. The predicted octanol–water partition coefficient (Wildman–Crippen LogP) is 5.67. The zero-order chi connectivity index (χ0) is 32.5. The molecular weight excluding hydrogens is 564 g/mol. The van der Waals surface area contributed by atoms with Gasteiger partial charge in [-0.1, -0.05) is 12.2 Å². The average molecular weight is 607 g/mol. The van der Waals surface area contributed by atoms with Gasteiger partial charge in [0.05, 0.1) is 12.7 Å². The molecule has 3 rings (SSSR count). The minimum absolute atomic E-state index is 0.0214. The number of nitrogens with zero attached hydrogens (tertiary/aromatic N) is 4. The van der Waals surface area contributed by atoms with Crippen LogP contribution in [0.25, 0.3) is 12.2 Å². The number of hydrogen-bond acceptors (Lipinski definition) is 9. The summed E-state index contributed by atoms with van der Waals surface area (Å²) in [5.74, 6) is -0.0938. The Bertz CT molecular complexity index is 1400. The molecule has 236 valence electrons. The van der Waals surface area contributed by atoms with Crippen LogP contribution in [-0.4, -0.2) is 77.5 Å². The average Bonchev–Trinajstić information content (AvgIpc) is 3.41. The Morgan fingerprint density at radius 3 is 2.39 bits per heavy atom. The van der Waals surface area contributed by atoms with Crippen LogP contribution in [0.5, 0.6) is 5.75 Å². The summed E-state index contributed by atoms with van der Waals surface area (Å²) < 4.78 is 21.7. The number of benzene rings is 1. The summed E-state index contributed by atoms with van der Waals surface area (Å²) >= 11 is 0. The fourth-order valence-electron chi connectivity index (χ4n) is 4.50. The van der Waals surface area contributed by atoms with Crippen molar-refractivity contribution in [2.75, 3.05) is 33.4 Å². The highest BCUT2D eigenvalue weighted by atomic mass is 16.6. The van der Waals surface area contributed by atoms with Gasteiger partial charge in [-0.15, -0.1) is 0 Å². The lowest BCUT2D eigenvalue weighted by molar-refractivity contribution is -0.142. The molecule has 1 aliphatic rings. The minimum atomic E-state index is -0.709. The number of esters is 1. The number of methoxy groups -OCH3 is 1. The normalized spacial score (nSPS) is 15.0. The third-order valence-corrected chi connectivity index (χ3v) is 6.37. The molecule has 2 amide bonds. The summed E-state index contributed by atoms with van der Waals surface area (Å²) in [6.07, 6.45) is 6.63. The van der Waals surface area contributed by atoms with Gasteiger partial charge in [-0.25, -0.2) is 14.4 Å². The van der Waals surface area contributed by atoms with Gasteiger partial charge in [0.1, 0.15) is 23.0 Å². The molecule has 0 N–H and O–H groups in total. The van der Waals surface area contributed by atoms with Crippen molar-refractivity contribution in [1.82, 2.24) is 14.8 Å². The maximum absolute atomic E-state index is 13.4. The smallest absolute Gasteiger partial charge is 0.410 e. The molecule has 0 radical (unpaired) electrons. The van der Waals surface area contributed by atoms with E-state index in [9.17, 15) is 19.6 Å². The van der Waals surface area contributed by atoms with E-state index >= 15 is 0 Å². The molecule has 1 aliphatic heterocycles. The summed E-state index contributed by atoms with van der Waals surface area (Å²) in [6.45, 7) is 12.2. The standard InChI is InChI=1S/C33H42N4O7/c1-32(2,3)43-30(39)36-11-10-25(19-36)20-37(31(40)44-33(4,5)6)21-26-12-23(14-28(15-26)42-22-29(38)41-7)8-9-24-13-27(16-34)18-35-17-24/h8-9,12-15,17-18,25H,10-11,19-22H2,1-7H3/b9-8+. The molecule has 1 unspecified atom stereocenters. The van der Waals surface area contributed by atoms with Gasteiger partial charge in [-0.05, 0) is 94.8 Å². The van der Waals surface area contributed by atoms with Crippen molar-refractivity contribution in [1.29, 1.82) is 5.26 Å². The number of carbonyl (C=O) groups excluding carboxylic acids is 3. The lowest BCUT2D eigenvalue weighted by Gasteiger charge is -2.30. The number of rotatable bonds is 9. The van der Waals surface area contributed by atoms with Crippen molar-refractivity contribution < 1.29 is 33.3 Å². The summed E-state index contributed by atoms with van der Waals surface area (Å²) in [4.78, 5) is 45.2. The summed E-state index contributed by atoms with van der Waals surface area (Å²) in [7, 11) is 1.28. The van der Waals surface area contributed by atoms with E-state index in [1.54, 1.807) is 34.2 Å². The number of ether oxygens (including phenoxy) is 4. The highest BCUT2D eigenvalue weighted by Crippen LogP contribution is 2.25. The van der Waals surface area contributed by atoms with Gasteiger partial charge in [0.15, 0.2) is 6.61 Å². The Labute approximate surface area is 259 Å². The quantitative estimate of drug-likeness (QED) is 0.262. The lowest BCUT2D eigenvalue weighted by Crippen LogP contribution is -2.40. The van der Waals surface area contributed by atoms with Crippen LogP contribution >= 0.6 is 0 Å². The molecule has 1 saturated heterocycles. The SMILES string of the molecule is COC(=O)COc1cc(/C=C/c2cncc(C#N)c2)cc(CN(CC2CCN(C(=O)OC(C)(C)C)C2)C(=O)OC(C)(C)C)c1. The van der Waals surface area contributed by atoms with Gasteiger partial charge < -0.3 is 28.7 Å². The first-order valence-corrected chi connectivity index (χ1v) is 14.5. The third-order valence-electron chi connectivity index (χ3n) is 6.37. The Balaban J connectivity index is 1.87. The third kappa shape index (κ3) is 11.2. The van der Waals surface area contributed by atoms with E-state index in [1.165, 1.54) is 13.3 Å². The van der Waals surface area contributed by atoms with Crippen LogP contribution in [0.4, 0.5) is 9.59 Å². The summed E-state index contributed by atoms with van der Waals surface area (Å²) in [5, 5.41) is 9.20. The van der Waals surface area contributed by atoms with E-state index in [-0.39, 0.29) is 25.2 Å². The number of pyridine rings is 1. The van der Waals surface area contributed by atoms with Gasteiger partial charge >= 0.3 is 18.2 Å². The lowest BCUT2D eigenvalue weighted by atomic mass is 10.1. The molecule has 0 bridgehead atoms. The molecule has 1 aromatic heterocycles. The van der Waals surface area contributed by atoms with Gasteiger partial charge in [-0.2, -0.15) is 5.26 Å². The van der Waals surface area contributed by atoms with Crippen molar-refractivity contribution >= 4 is 30.3 Å². The predicted molar refractivity (Wildman–Crippen MR) is 164 cm³/mol. The van der Waals surface area contributed by atoms with Crippen LogP contribution in [0.1, 0.15) is 70.2 Å². The first-order chi connectivity index (χ1) is 20.6. The number of amides is 2. The van der Waals surface area contributed by atoms with Gasteiger partial charge in [0, 0.05) is 38.6 Å². The molecule has 1 aromatic carbocycles. The summed E-state index contributed by atoms with van der Waals surface area (Å²) in [5.41, 5.74) is 1.35. The van der Waals surface area contributed by atoms with E-state index in [0.717, 1.165) is 16.7 Å². The molecule has 2 aromatic rings. The van der Waals surface area contributed by atoms with Crippen LogP contribution in [0.3, 0.4) is 0 Å². The molecule has 44 heavy (non-hydrogen) atoms. The van der Waals surface area contributed by atoms with E-state index in [0.29, 0.717) is 37.4 Å². The molecule has 11 nitrogen and oxygen atoms in total. The Hall–Kier alpha value is -4.59. The second kappa shape index (κ2) is 14.7. The van der Waals surface area contributed by atoms with E-state index < -0.39 is 23.3 Å². The molecule has 0 spiro atoms. The number of hydrogen-bond donors (Lipinski definition) is 0. The molecule has 1 fully saturated rings. The summed E-state index contributed by atoms with van der Waals surface area (Å²) in [6, 6.07) is 9.22. The second-order valence-corrected chi connectivity index (χ2v) is 12.7. The fourth-order valence-corrected chi connectivity index (χ4v) is 4.50. The molecule has 11 heteroatoms. The fraction of sp³-hybridized carbons (Fsp3) is 0.485. The van der Waals surface area contributed by atoms with E-state index in [2.05, 4.69) is 11.1 Å². The maximum Gasteiger partial charge on any atom is 0.410 e. The van der Waals surface area contributed by atoms with Crippen molar-refractivity contribution in [3.63, 3.8) is 0 Å². The molecule has 2 heterocycles. The van der Waals surface area contributed by atoms with Crippen molar-refractivity contribution in [2.24, 2.45) is 5.92 Å². The van der Waals surface area contributed by atoms with Crippen molar-refractivity contribution in [3.05, 3.63) is 58.9 Å². The van der Waals surface area contributed by atoms with Gasteiger partial charge in [0.25, 0.3) is 0 Å². The molecule has 0 saturated carbocycles. The highest BCUT2D eigenvalue weighted by Gasteiger charge is 2.33. The van der Waals surface area contributed by atoms with Crippen molar-refractivity contribution in [3.8, 4) is 11.8 Å². The van der Waals surface area contributed by atoms with E-state index in [4.69, 9.17) is 18.9 Å². The molecular formula is C33H42N4O7. The number of likely N-dealkylation sites (tertiary alicyclic amines) is 1. The Morgan fingerprint density at radius 1 is 1.02 bits per heavy atom. The van der Waals surface area contributed by atoms with Crippen LogP contribution in [0, 0.1) is 17.2 Å². The van der Waals surface area contributed by atoms with Crippen LogP contribution in [0.2, 0.25) is 0 Å².